The predicted molar refractivity (Wildman–Crippen MR) is 155 cm³/mol. The van der Waals surface area contributed by atoms with Gasteiger partial charge in [-0.3, -0.25) is 14.6 Å². The number of benzene rings is 1. The Morgan fingerprint density at radius 2 is 1.26 bits per heavy atom. The number of unbranched alkanes of at least 4 members (excludes halogenated alkanes) is 15. The number of hydrogen-bond acceptors (Lipinski definition) is 4. The molecule has 0 heterocycles. The van der Waals surface area contributed by atoms with Gasteiger partial charge in [0.1, 0.15) is 6.04 Å². The molecule has 1 amide bonds. The van der Waals surface area contributed by atoms with Crippen molar-refractivity contribution in [2.24, 2.45) is 4.99 Å². The van der Waals surface area contributed by atoms with Crippen LogP contribution in [0.15, 0.2) is 35.3 Å². The number of nitrogens with zero attached hydrogens (tertiary/aromatic N) is 1. The molecule has 6 nitrogen and oxygen atoms in total. The SMILES string of the molecule is CCCCCCCCCCCC([O-])=N[C@H](Cc1ccccc1)C(=O)NCCCCCCCCCCC(=O)O.[Na+]. The Labute approximate surface area is 260 Å². The van der Waals surface area contributed by atoms with E-state index in [1.54, 1.807) is 0 Å². The molecule has 0 aliphatic rings. The molecule has 1 rings (SSSR count). The van der Waals surface area contributed by atoms with E-state index in [-0.39, 0.29) is 47.8 Å². The first-order chi connectivity index (χ1) is 18.5. The maximum absolute atomic E-state index is 12.9. The van der Waals surface area contributed by atoms with Crippen LogP contribution < -0.4 is 40.0 Å². The fourth-order valence-corrected chi connectivity index (χ4v) is 4.65. The molecule has 216 valence electrons. The molecule has 0 aromatic heterocycles. The maximum Gasteiger partial charge on any atom is 1.00 e. The van der Waals surface area contributed by atoms with Gasteiger partial charge in [-0.15, -0.1) is 0 Å². The monoisotopic (exact) mass is 552 g/mol. The van der Waals surface area contributed by atoms with Gasteiger partial charge in [-0.2, -0.15) is 0 Å². The van der Waals surface area contributed by atoms with Gasteiger partial charge in [0.15, 0.2) is 0 Å². The van der Waals surface area contributed by atoms with Crippen LogP contribution in [-0.2, 0) is 16.0 Å². The average molecular weight is 553 g/mol. The van der Waals surface area contributed by atoms with E-state index in [9.17, 15) is 14.7 Å². The molecule has 1 aromatic carbocycles. The molecule has 39 heavy (non-hydrogen) atoms. The van der Waals surface area contributed by atoms with E-state index >= 15 is 0 Å². The number of carbonyl (C=O) groups excluding carboxylic acids is 1. The molecule has 0 fully saturated rings. The van der Waals surface area contributed by atoms with Crippen molar-refractivity contribution in [1.29, 1.82) is 0 Å². The maximum atomic E-state index is 12.9. The van der Waals surface area contributed by atoms with Gasteiger partial charge in [0, 0.05) is 19.4 Å². The molecular weight excluding hydrogens is 499 g/mol. The molecule has 0 bridgehead atoms. The Morgan fingerprint density at radius 3 is 1.79 bits per heavy atom. The van der Waals surface area contributed by atoms with Gasteiger partial charge < -0.3 is 15.5 Å². The van der Waals surface area contributed by atoms with Crippen molar-refractivity contribution in [3.05, 3.63) is 35.9 Å². The van der Waals surface area contributed by atoms with Gasteiger partial charge in [-0.05, 0) is 37.1 Å². The van der Waals surface area contributed by atoms with Crippen molar-refractivity contribution in [3.8, 4) is 0 Å². The fraction of sp³-hybridized carbons (Fsp3) is 0.719. The van der Waals surface area contributed by atoms with E-state index in [4.69, 9.17) is 5.11 Å². The number of carboxylic acids is 1. The molecule has 2 N–H and O–H groups in total. The van der Waals surface area contributed by atoms with Crippen LogP contribution in [-0.4, -0.2) is 35.5 Å². The molecule has 0 aliphatic carbocycles. The van der Waals surface area contributed by atoms with E-state index in [0.29, 0.717) is 19.4 Å². The molecular formula is C32H53N2NaO4. The molecule has 1 atom stereocenters. The Kier molecular flexibility index (Phi) is 25.9. The van der Waals surface area contributed by atoms with Gasteiger partial charge in [0.2, 0.25) is 5.91 Å². The Morgan fingerprint density at radius 1 is 0.769 bits per heavy atom. The normalized spacial score (nSPS) is 12.1. The van der Waals surface area contributed by atoms with Gasteiger partial charge in [-0.25, -0.2) is 0 Å². The van der Waals surface area contributed by atoms with Crippen molar-refractivity contribution in [2.45, 2.75) is 141 Å². The molecule has 0 spiro atoms. The predicted octanol–water partition coefficient (Wildman–Crippen LogP) is 3.99. The average Bonchev–Trinajstić information content (AvgIpc) is 2.90. The minimum absolute atomic E-state index is 0. The number of rotatable bonds is 25. The largest absolute Gasteiger partial charge is 1.00 e. The third kappa shape index (κ3) is 23.1. The third-order valence-electron chi connectivity index (χ3n) is 6.99. The van der Waals surface area contributed by atoms with Gasteiger partial charge in [0.25, 0.3) is 0 Å². The number of amides is 1. The second-order valence-electron chi connectivity index (χ2n) is 10.6. The molecule has 7 heteroatoms. The van der Waals surface area contributed by atoms with Crippen LogP contribution >= 0.6 is 0 Å². The number of carbonyl (C=O) groups is 2. The van der Waals surface area contributed by atoms with Crippen LogP contribution in [0.4, 0.5) is 0 Å². The number of aliphatic carboxylic acids is 1. The second-order valence-corrected chi connectivity index (χ2v) is 10.6. The first-order valence-corrected chi connectivity index (χ1v) is 15.3. The quantitative estimate of drug-likeness (QED) is 0.0829. The summed E-state index contributed by atoms with van der Waals surface area (Å²) in [4.78, 5) is 27.7. The summed E-state index contributed by atoms with van der Waals surface area (Å²) in [5, 5.41) is 24.2. The smallest absolute Gasteiger partial charge is 0.862 e. The van der Waals surface area contributed by atoms with E-state index in [0.717, 1.165) is 76.2 Å². The minimum Gasteiger partial charge on any atom is -0.862 e. The molecule has 0 aliphatic heterocycles. The standard InChI is InChI=1S/C32H54N2O4.Na/c1-2-3-4-5-6-7-10-13-19-24-30(35)34-29(27-28-22-17-16-18-23-28)32(38)33-26-21-15-12-9-8-11-14-20-25-31(36)37;/h16-18,22-23,29H,2-15,19-21,24-27H2,1H3,(H,33,38)(H,34,35)(H,36,37);/q;+1/p-1/t29-;/m1./s1. The summed E-state index contributed by atoms with van der Waals surface area (Å²) < 4.78 is 0. The van der Waals surface area contributed by atoms with Gasteiger partial charge >= 0.3 is 35.5 Å². The summed E-state index contributed by atoms with van der Waals surface area (Å²) in [6, 6.07) is 9.11. The van der Waals surface area contributed by atoms with E-state index in [2.05, 4.69) is 17.2 Å². The van der Waals surface area contributed by atoms with Crippen LogP contribution in [0.2, 0.25) is 0 Å². The summed E-state index contributed by atoms with van der Waals surface area (Å²) in [6.45, 7) is 2.84. The van der Waals surface area contributed by atoms with Crippen LogP contribution in [0.25, 0.3) is 0 Å². The topological polar surface area (TPSA) is 102 Å². The number of hydrogen-bond donors (Lipinski definition) is 2. The van der Waals surface area contributed by atoms with Crippen molar-refractivity contribution in [2.75, 3.05) is 6.54 Å². The number of carboxylic acid groups (broad SMARTS) is 1. The fourth-order valence-electron chi connectivity index (χ4n) is 4.65. The summed E-state index contributed by atoms with van der Waals surface area (Å²) in [5.74, 6) is -1.03. The van der Waals surface area contributed by atoms with Crippen molar-refractivity contribution in [1.82, 2.24) is 5.32 Å². The molecule has 0 saturated heterocycles. The zero-order valence-electron chi connectivity index (χ0n) is 24.9. The molecule has 0 radical (unpaired) electrons. The van der Waals surface area contributed by atoms with Crippen LogP contribution in [0.3, 0.4) is 0 Å². The zero-order chi connectivity index (χ0) is 27.7. The zero-order valence-corrected chi connectivity index (χ0v) is 26.9. The number of nitrogens with one attached hydrogen (secondary N) is 1. The first kappa shape index (κ1) is 37.6. The van der Waals surface area contributed by atoms with Gasteiger partial charge in [0.05, 0.1) is 0 Å². The van der Waals surface area contributed by atoms with Crippen molar-refractivity contribution >= 4 is 17.8 Å². The van der Waals surface area contributed by atoms with Crippen molar-refractivity contribution < 1.29 is 49.4 Å². The summed E-state index contributed by atoms with van der Waals surface area (Å²) in [5.41, 5.74) is 1.01. The van der Waals surface area contributed by atoms with E-state index < -0.39 is 12.0 Å². The molecule has 0 saturated carbocycles. The summed E-state index contributed by atoms with van der Waals surface area (Å²) >= 11 is 0. The molecule has 0 unspecified atom stereocenters. The second kappa shape index (κ2) is 26.8. The van der Waals surface area contributed by atoms with Gasteiger partial charge in [-0.1, -0.05) is 127 Å². The third-order valence-corrected chi connectivity index (χ3v) is 6.99. The van der Waals surface area contributed by atoms with Crippen molar-refractivity contribution in [3.63, 3.8) is 0 Å². The molecule has 1 aromatic rings. The van der Waals surface area contributed by atoms with E-state index in [1.807, 2.05) is 30.3 Å². The Balaban J connectivity index is 0.0000144. The Bertz CT molecular complexity index is 758. The van der Waals surface area contributed by atoms with Crippen LogP contribution in [0.5, 0.6) is 0 Å². The summed E-state index contributed by atoms with van der Waals surface area (Å²) in [7, 11) is 0. The Hall–Kier alpha value is -1.37. The summed E-state index contributed by atoms with van der Waals surface area (Å²) in [6.07, 6.45) is 20.1. The van der Waals surface area contributed by atoms with Crippen LogP contribution in [0.1, 0.15) is 134 Å². The minimum atomic E-state index is -0.714. The van der Waals surface area contributed by atoms with Crippen LogP contribution in [0, 0.1) is 0 Å². The number of aliphatic imine (C=N–C) groups is 1. The first-order valence-electron chi connectivity index (χ1n) is 15.3. The van der Waals surface area contributed by atoms with E-state index in [1.165, 1.54) is 38.5 Å².